The highest BCUT2D eigenvalue weighted by molar-refractivity contribution is 6.05. The number of fused-ring (bicyclic) bond motifs is 1. The Morgan fingerprint density at radius 2 is 1.65 bits per heavy atom. The van der Waals surface area contributed by atoms with Crippen molar-refractivity contribution >= 4 is 23.4 Å². The molecule has 120 valence electrons. The van der Waals surface area contributed by atoms with E-state index in [0.717, 1.165) is 5.69 Å². The van der Waals surface area contributed by atoms with Gasteiger partial charge in [-0.05, 0) is 31.4 Å². The van der Waals surface area contributed by atoms with E-state index < -0.39 is 0 Å². The summed E-state index contributed by atoms with van der Waals surface area (Å²) < 4.78 is 0. The van der Waals surface area contributed by atoms with E-state index in [2.05, 4.69) is 5.32 Å². The van der Waals surface area contributed by atoms with Crippen molar-refractivity contribution in [2.24, 2.45) is 11.8 Å². The lowest BCUT2D eigenvalue weighted by atomic mass is 9.85. The third-order valence-corrected chi connectivity index (χ3v) is 4.44. The summed E-state index contributed by atoms with van der Waals surface area (Å²) in [7, 11) is 0. The number of nitrogens with zero attached hydrogens (tertiary/aromatic N) is 1. The highest BCUT2D eigenvalue weighted by Crippen LogP contribution is 2.35. The second-order valence-corrected chi connectivity index (χ2v) is 6.00. The molecule has 1 aliphatic heterocycles. The molecule has 1 fully saturated rings. The van der Waals surface area contributed by atoms with Crippen molar-refractivity contribution in [3.63, 3.8) is 0 Å². The molecule has 5 heteroatoms. The van der Waals surface area contributed by atoms with Gasteiger partial charge in [-0.15, -0.1) is 0 Å². The van der Waals surface area contributed by atoms with Gasteiger partial charge in [-0.25, -0.2) is 0 Å². The molecule has 1 aromatic rings. The number of carbonyl (C=O) groups is 3. The van der Waals surface area contributed by atoms with Crippen molar-refractivity contribution in [3.05, 3.63) is 42.5 Å². The van der Waals surface area contributed by atoms with E-state index >= 15 is 0 Å². The molecule has 0 aromatic heterocycles. The van der Waals surface area contributed by atoms with Crippen molar-refractivity contribution in [3.8, 4) is 0 Å². The fourth-order valence-corrected chi connectivity index (χ4v) is 3.23. The van der Waals surface area contributed by atoms with Crippen molar-refractivity contribution in [1.82, 2.24) is 4.90 Å². The molecule has 0 radical (unpaired) electrons. The summed E-state index contributed by atoms with van der Waals surface area (Å²) in [5.41, 5.74) is 0.753. The maximum Gasteiger partial charge on any atom is 0.233 e. The van der Waals surface area contributed by atoms with Crippen LogP contribution in [0, 0.1) is 11.8 Å². The number of para-hydroxylation sites is 1. The number of benzene rings is 1. The number of anilines is 1. The normalized spacial score (nSPS) is 23.0. The van der Waals surface area contributed by atoms with Crippen LogP contribution in [0.15, 0.2) is 42.5 Å². The SMILES string of the molecule is O=C(CCCN1C(=O)C2CC=CCC2C1=O)Nc1ccccc1. The van der Waals surface area contributed by atoms with E-state index in [0.29, 0.717) is 32.2 Å². The van der Waals surface area contributed by atoms with Crippen LogP contribution in [-0.2, 0) is 14.4 Å². The minimum Gasteiger partial charge on any atom is -0.326 e. The Morgan fingerprint density at radius 3 is 2.26 bits per heavy atom. The second-order valence-electron chi connectivity index (χ2n) is 6.00. The number of rotatable bonds is 5. The van der Waals surface area contributed by atoms with E-state index in [1.54, 1.807) is 0 Å². The topological polar surface area (TPSA) is 66.5 Å². The van der Waals surface area contributed by atoms with Gasteiger partial charge in [0.25, 0.3) is 0 Å². The first-order valence-electron chi connectivity index (χ1n) is 8.02. The summed E-state index contributed by atoms with van der Waals surface area (Å²) >= 11 is 0. The zero-order valence-electron chi connectivity index (χ0n) is 12.9. The van der Waals surface area contributed by atoms with Crippen molar-refractivity contribution < 1.29 is 14.4 Å². The van der Waals surface area contributed by atoms with E-state index in [9.17, 15) is 14.4 Å². The van der Waals surface area contributed by atoms with Gasteiger partial charge in [0.1, 0.15) is 0 Å². The van der Waals surface area contributed by atoms with Gasteiger partial charge < -0.3 is 5.32 Å². The Morgan fingerprint density at radius 1 is 1.04 bits per heavy atom. The maximum absolute atomic E-state index is 12.3. The molecule has 0 spiro atoms. The molecule has 2 atom stereocenters. The first kappa shape index (κ1) is 15.5. The Bertz CT molecular complexity index is 613. The third-order valence-electron chi connectivity index (χ3n) is 4.44. The van der Waals surface area contributed by atoms with E-state index in [-0.39, 0.29) is 29.6 Å². The predicted molar refractivity (Wildman–Crippen MR) is 86.4 cm³/mol. The highest BCUT2D eigenvalue weighted by Gasteiger charge is 2.46. The second kappa shape index (κ2) is 6.77. The molecule has 3 rings (SSSR count). The first-order valence-corrected chi connectivity index (χ1v) is 8.02. The zero-order valence-corrected chi connectivity index (χ0v) is 12.9. The van der Waals surface area contributed by atoms with Gasteiger partial charge in [-0.3, -0.25) is 19.3 Å². The van der Waals surface area contributed by atoms with Gasteiger partial charge in [0, 0.05) is 18.7 Å². The maximum atomic E-state index is 12.3. The quantitative estimate of drug-likeness (QED) is 0.670. The fourth-order valence-electron chi connectivity index (χ4n) is 3.23. The lowest BCUT2D eigenvalue weighted by molar-refractivity contribution is -0.140. The number of likely N-dealkylation sites (tertiary alicyclic amines) is 1. The van der Waals surface area contributed by atoms with Crippen LogP contribution >= 0.6 is 0 Å². The number of nitrogens with one attached hydrogen (secondary N) is 1. The van der Waals surface area contributed by atoms with Gasteiger partial charge >= 0.3 is 0 Å². The van der Waals surface area contributed by atoms with Crippen LogP contribution in [0.1, 0.15) is 25.7 Å². The number of allylic oxidation sites excluding steroid dienone is 2. The van der Waals surface area contributed by atoms with Gasteiger partial charge in [0.15, 0.2) is 0 Å². The summed E-state index contributed by atoms with van der Waals surface area (Å²) in [6.07, 6.45) is 6.04. The minimum atomic E-state index is -0.189. The highest BCUT2D eigenvalue weighted by atomic mass is 16.2. The lowest BCUT2D eigenvalue weighted by Crippen LogP contribution is -2.32. The Labute approximate surface area is 135 Å². The number of hydrogen-bond acceptors (Lipinski definition) is 3. The molecule has 1 aliphatic carbocycles. The Balaban J connectivity index is 1.48. The third kappa shape index (κ3) is 3.33. The summed E-state index contributed by atoms with van der Waals surface area (Å²) in [6.45, 7) is 0.326. The van der Waals surface area contributed by atoms with Crippen molar-refractivity contribution in [2.75, 3.05) is 11.9 Å². The van der Waals surface area contributed by atoms with Gasteiger partial charge in [-0.1, -0.05) is 30.4 Å². The molecule has 0 bridgehead atoms. The zero-order chi connectivity index (χ0) is 16.2. The van der Waals surface area contributed by atoms with Crippen LogP contribution in [-0.4, -0.2) is 29.2 Å². The molecule has 1 N–H and O–H groups in total. The average molecular weight is 312 g/mol. The molecule has 5 nitrogen and oxygen atoms in total. The smallest absolute Gasteiger partial charge is 0.233 e. The number of imide groups is 1. The van der Waals surface area contributed by atoms with Gasteiger partial charge in [0.05, 0.1) is 11.8 Å². The standard InChI is InChI=1S/C18H20N2O3/c21-16(19-13-7-2-1-3-8-13)11-6-12-20-17(22)14-9-4-5-10-15(14)18(20)23/h1-5,7-8,14-15H,6,9-12H2,(H,19,21). The summed E-state index contributed by atoms with van der Waals surface area (Å²) in [4.78, 5) is 37.8. The molecular formula is C18H20N2O3. The molecule has 1 saturated heterocycles. The molecule has 1 heterocycles. The summed E-state index contributed by atoms with van der Waals surface area (Å²) in [5.74, 6) is -0.633. The fraction of sp³-hybridized carbons (Fsp3) is 0.389. The van der Waals surface area contributed by atoms with E-state index in [1.165, 1.54) is 4.90 Å². The molecular weight excluding hydrogens is 292 g/mol. The van der Waals surface area contributed by atoms with Crippen molar-refractivity contribution in [1.29, 1.82) is 0 Å². The van der Waals surface area contributed by atoms with Crippen LogP contribution in [0.4, 0.5) is 5.69 Å². The number of amides is 3. The predicted octanol–water partition coefficient (Wildman–Crippen LogP) is 2.36. The average Bonchev–Trinajstić information content (AvgIpc) is 2.81. The monoisotopic (exact) mass is 312 g/mol. The molecule has 2 aliphatic rings. The molecule has 23 heavy (non-hydrogen) atoms. The van der Waals surface area contributed by atoms with Crippen LogP contribution in [0.25, 0.3) is 0 Å². The minimum absolute atomic E-state index is 0.0761. The van der Waals surface area contributed by atoms with Crippen LogP contribution in [0.5, 0.6) is 0 Å². The molecule has 2 unspecified atom stereocenters. The lowest BCUT2D eigenvalue weighted by Gasteiger charge is -2.14. The Kier molecular flexibility index (Phi) is 4.55. The van der Waals surface area contributed by atoms with Gasteiger partial charge in [0.2, 0.25) is 17.7 Å². The molecule has 1 aromatic carbocycles. The number of hydrogen-bond donors (Lipinski definition) is 1. The summed E-state index contributed by atoms with van der Waals surface area (Å²) in [6, 6.07) is 9.24. The summed E-state index contributed by atoms with van der Waals surface area (Å²) in [5, 5.41) is 2.80. The number of carbonyl (C=O) groups excluding carboxylic acids is 3. The van der Waals surface area contributed by atoms with Gasteiger partial charge in [-0.2, -0.15) is 0 Å². The molecule has 0 saturated carbocycles. The first-order chi connectivity index (χ1) is 11.2. The molecule has 3 amide bonds. The van der Waals surface area contributed by atoms with Crippen LogP contribution < -0.4 is 5.32 Å². The van der Waals surface area contributed by atoms with E-state index in [1.807, 2.05) is 42.5 Å². The van der Waals surface area contributed by atoms with Crippen LogP contribution in [0.3, 0.4) is 0 Å². The van der Waals surface area contributed by atoms with Crippen LogP contribution in [0.2, 0.25) is 0 Å². The van der Waals surface area contributed by atoms with E-state index in [4.69, 9.17) is 0 Å². The van der Waals surface area contributed by atoms with Crippen molar-refractivity contribution in [2.45, 2.75) is 25.7 Å². The largest absolute Gasteiger partial charge is 0.326 e. The Hall–Kier alpha value is -2.43.